The lowest BCUT2D eigenvalue weighted by molar-refractivity contribution is 0.0958. The molecule has 6 nitrogen and oxygen atoms in total. The van der Waals surface area contributed by atoms with Gasteiger partial charge in [0.05, 0.1) is 11.3 Å². The van der Waals surface area contributed by atoms with Gasteiger partial charge in [0.25, 0.3) is 11.8 Å². The first-order valence-corrected chi connectivity index (χ1v) is 6.96. The molecule has 19 heavy (non-hydrogen) atoms. The Morgan fingerprint density at radius 2 is 2.00 bits per heavy atom. The van der Waals surface area contributed by atoms with Gasteiger partial charge in [-0.3, -0.25) is 9.59 Å². The minimum Gasteiger partial charge on any atom is -0.397 e. The Morgan fingerprint density at radius 1 is 1.37 bits per heavy atom. The van der Waals surface area contributed by atoms with E-state index in [0.717, 1.165) is 17.8 Å². The number of anilines is 2. The molecule has 0 aliphatic carbocycles. The van der Waals surface area contributed by atoms with Gasteiger partial charge in [-0.15, -0.1) is 11.3 Å². The second-order valence-electron chi connectivity index (χ2n) is 4.47. The largest absolute Gasteiger partial charge is 0.397 e. The molecule has 106 valence electrons. The number of hydrogen-bond donors (Lipinski definition) is 4. The van der Waals surface area contributed by atoms with Crippen LogP contribution in [0.1, 0.15) is 47.2 Å². The van der Waals surface area contributed by atoms with Gasteiger partial charge in [0.15, 0.2) is 0 Å². The molecular weight excluding hydrogens is 264 g/mol. The van der Waals surface area contributed by atoms with Crippen LogP contribution >= 0.6 is 11.3 Å². The van der Waals surface area contributed by atoms with Gasteiger partial charge in [0.2, 0.25) is 0 Å². The van der Waals surface area contributed by atoms with Gasteiger partial charge in [-0.25, -0.2) is 0 Å². The molecule has 0 aliphatic rings. The summed E-state index contributed by atoms with van der Waals surface area (Å²) >= 11 is 1.15. The normalized spacial score (nSPS) is 10.5. The molecule has 0 aromatic carbocycles. The Kier molecular flexibility index (Phi) is 5.17. The lowest BCUT2D eigenvalue weighted by Gasteiger charge is -2.08. The molecule has 0 spiro atoms. The Labute approximate surface area is 116 Å². The van der Waals surface area contributed by atoms with Crippen molar-refractivity contribution in [2.45, 2.75) is 33.2 Å². The number of hydrogen-bond acceptors (Lipinski definition) is 5. The molecular formula is C12H20N4O2S. The number of carbonyl (C=O) groups excluding carboxylic acids is 2. The van der Waals surface area contributed by atoms with Crippen LogP contribution in [0.15, 0.2) is 0 Å². The van der Waals surface area contributed by atoms with Gasteiger partial charge >= 0.3 is 0 Å². The summed E-state index contributed by atoms with van der Waals surface area (Å²) in [6, 6.07) is 0.114. The standard InChI is InChI=1S/C12H20N4O2S/c1-4-5-15-11(18)9-8(13)7(10(14)17)12(19-9)16-6(2)3/h6,16H,4-5,13H2,1-3H3,(H2,14,17)(H,15,18). The lowest BCUT2D eigenvalue weighted by atomic mass is 10.2. The van der Waals surface area contributed by atoms with Crippen LogP contribution in [0.5, 0.6) is 0 Å². The predicted molar refractivity (Wildman–Crippen MR) is 78.6 cm³/mol. The first kappa shape index (κ1) is 15.3. The van der Waals surface area contributed by atoms with Crippen molar-refractivity contribution in [3.05, 3.63) is 10.4 Å². The first-order chi connectivity index (χ1) is 8.88. The zero-order valence-corrected chi connectivity index (χ0v) is 12.2. The molecule has 0 unspecified atom stereocenters. The molecule has 0 bridgehead atoms. The van der Waals surface area contributed by atoms with Crippen molar-refractivity contribution in [1.29, 1.82) is 0 Å². The molecule has 1 heterocycles. The van der Waals surface area contributed by atoms with Crippen molar-refractivity contribution in [3.63, 3.8) is 0 Å². The maximum atomic E-state index is 11.9. The summed E-state index contributed by atoms with van der Waals surface area (Å²) in [5.41, 5.74) is 11.5. The van der Waals surface area contributed by atoms with E-state index in [1.54, 1.807) is 0 Å². The van der Waals surface area contributed by atoms with E-state index in [0.29, 0.717) is 16.4 Å². The fourth-order valence-electron chi connectivity index (χ4n) is 1.54. The van der Waals surface area contributed by atoms with E-state index in [4.69, 9.17) is 11.5 Å². The number of rotatable bonds is 6. The minimum atomic E-state index is -0.633. The SMILES string of the molecule is CCCNC(=O)c1sc(NC(C)C)c(C(N)=O)c1N. The Morgan fingerprint density at radius 3 is 2.47 bits per heavy atom. The molecule has 0 fully saturated rings. The van der Waals surface area contributed by atoms with Crippen LogP contribution in [0.3, 0.4) is 0 Å². The molecule has 0 atom stereocenters. The third-order valence-corrected chi connectivity index (χ3v) is 3.49. The van der Waals surface area contributed by atoms with E-state index in [1.807, 2.05) is 20.8 Å². The molecule has 7 heteroatoms. The molecule has 1 aromatic heterocycles. The summed E-state index contributed by atoms with van der Waals surface area (Å²) < 4.78 is 0. The van der Waals surface area contributed by atoms with E-state index in [1.165, 1.54) is 0 Å². The highest BCUT2D eigenvalue weighted by Gasteiger charge is 2.24. The fraction of sp³-hybridized carbons (Fsp3) is 0.500. The average Bonchev–Trinajstić information content (AvgIpc) is 2.62. The summed E-state index contributed by atoms with van der Waals surface area (Å²) in [4.78, 5) is 23.7. The number of thiophene rings is 1. The highest BCUT2D eigenvalue weighted by molar-refractivity contribution is 7.19. The predicted octanol–water partition coefficient (Wildman–Crippen LogP) is 1.39. The van der Waals surface area contributed by atoms with E-state index in [9.17, 15) is 9.59 Å². The van der Waals surface area contributed by atoms with Crippen LogP contribution in [0.25, 0.3) is 0 Å². The van der Waals surface area contributed by atoms with Gasteiger partial charge in [0, 0.05) is 12.6 Å². The molecule has 2 amide bonds. The zero-order valence-electron chi connectivity index (χ0n) is 11.4. The van der Waals surface area contributed by atoms with Crippen LogP contribution in [0.2, 0.25) is 0 Å². The maximum absolute atomic E-state index is 11.9. The van der Waals surface area contributed by atoms with Crippen LogP contribution < -0.4 is 22.1 Å². The van der Waals surface area contributed by atoms with Gasteiger partial charge in [-0.05, 0) is 20.3 Å². The van der Waals surface area contributed by atoms with E-state index < -0.39 is 5.91 Å². The van der Waals surface area contributed by atoms with Crippen LogP contribution in [-0.2, 0) is 0 Å². The average molecular weight is 284 g/mol. The smallest absolute Gasteiger partial charge is 0.263 e. The van der Waals surface area contributed by atoms with Gasteiger partial charge in [-0.1, -0.05) is 6.92 Å². The van der Waals surface area contributed by atoms with E-state index >= 15 is 0 Å². The summed E-state index contributed by atoms with van der Waals surface area (Å²) in [5, 5.41) is 6.36. The summed E-state index contributed by atoms with van der Waals surface area (Å²) in [7, 11) is 0. The van der Waals surface area contributed by atoms with Crippen molar-refractivity contribution in [2.75, 3.05) is 17.6 Å². The molecule has 1 aromatic rings. The van der Waals surface area contributed by atoms with Gasteiger partial charge in [-0.2, -0.15) is 0 Å². The lowest BCUT2D eigenvalue weighted by Crippen LogP contribution is -2.24. The number of nitrogens with one attached hydrogen (secondary N) is 2. The third kappa shape index (κ3) is 3.60. The molecule has 6 N–H and O–H groups in total. The monoisotopic (exact) mass is 284 g/mol. The van der Waals surface area contributed by atoms with Gasteiger partial charge in [0.1, 0.15) is 9.88 Å². The molecule has 1 rings (SSSR count). The van der Waals surface area contributed by atoms with Crippen molar-refractivity contribution in [2.24, 2.45) is 5.73 Å². The van der Waals surface area contributed by atoms with Crippen LogP contribution in [0, 0.1) is 0 Å². The number of amides is 2. The van der Waals surface area contributed by atoms with Gasteiger partial charge < -0.3 is 22.1 Å². The molecule has 0 aliphatic heterocycles. The number of primary amides is 1. The van der Waals surface area contributed by atoms with Crippen LogP contribution in [0.4, 0.5) is 10.7 Å². The van der Waals surface area contributed by atoms with Crippen molar-refractivity contribution >= 4 is 33.8 Å². The summed E-state index contributed by atoms with van der Waals surface area (Å²) in [6.07, 6.45) is 0.830. The molecule has 0 saturated heterocycles. The first-order valence-electron chi connectivity index (χ1n) is 6.15. The maximum Gasteiger partial charge on any atom is 0.263 e. The Bertz CT molecular complexity index is 482. The Hall–Kier alpha value is -1.76. The van der Waals surface area contributed by atoms with Crippen molar-refractivity contribution < 1.29 is 9.59 Å². The van der Waals surface area contributed by atoms with Crippen LogP contribution in [-0.4, -0.2) is 24.4 Å². The molecule has 0 radical (unpaired) electrons. The highest BCUT2D eigenvalue weighted by Crippen LogP contribution is 2.35. The number of nitrogens with two attached hydrogens (primary N) is 2. The third-order valence-electron chi connectivity index (χ3n) is 2.35. The highest BCUT2D eigenvalue weighted by atomic mass is 32.1. The number of carbonyl (C=O) groups is 2. The second kappa shape index (κ2) is 6.42. The summed E-state index contributed by atoms with van der Waals surface area (Å²) in [5.74, 6) is -0.907. The van der Waals surface area contributed by atoms with E-state index in [-0.39, 0.29) is 23.2 Å². The van der Waals surface area contributed by atoms with Crippen molar-refractivity contribution in [3.8, 4) is 0 Å². The quantitative estimate of drug-likeness (QED) is 0.632. The zero-order chi connectivity index (χ0) is 14.6. The topological polar surface area (TPSA) is 110 Å². The number of nitrogen functional groups attached to an aromatic ring is 1. The minimum absolute atomic E-state index is 0.114. The molecule has 0 saturated carbocycles. The fourth-order valence-corrected chi connectivity index (χ4v) is 2.73. The van der Waals surface area contributed by atoms with E-state index in [2.05, 4.69) is 10.6 Å². The summed E-state index contributed by atoms with van der Waals surface area (Å²) in [6.45, 7) is 6.38. The second-order valence-corrected chi connectivity index (χ2v) is 5.49. The van der Waals surface area contributed by atoms with Crippen molar-refractivity contribution in [1.82, 2.24) is 5.32 Å². The Balaban J connectivity index is 3.13.